The van der Waals surface area contributed by atoms with Gasteiger partial charge in [0, 0.05) is 13.0 Å². The molecule has 0 fully saturated rings. The van der Waals surface area contributed by atoms with Crippen LogP contribution in [0.2, 0.25) is 0 Å². The standard InChI is InChI=1S/C11H25N.C10H22.3C9H20.C8H18.C7H16.C7H12/c1-10(2,3)8-11(4,5)9-12(6)7;1-8(9(2,3)4)10(5,6)7;1-8(2,3)7-9(4,5)6;1-8(2)6-7-9(3,4)5;1-7(2)8(3)9(4,5)6;1-7(2)6-8(3,4)5;1-6(2)7(3,4)5;1-5-6-7(2,3)4/h8-9H2,1-7H3;8H,1-7H3;7H2,1-6H3;8H,6-7H2,1-5H3;7-8H,1-6H3;7H,6H2,1-5H3;6H,1-5H3;1H,6H2,2-4H3. The Labute approximate surface area is 460 Å². The minimum absolute atomic E-state index is 0.314. The van der Waals surface area contributed by atoms with Crippen LogP contribution in [0.15, 0.2) is 0 Å². The third-order valence-corrected chi connectivity index (χ3v) is 12.6. The van der Waals surface area contributed by atoms with Crippen LogP contribution in [0.1, 0.15) is 329 Å². The molecular formula is C70H153N. The highest BCUT2D eigenvalue weighted by atomic mass is 15.1. The smallest absolute Gasteiger partial charge is 0.0135 e. The van der Waals surface area contributed by atoms with Crippen molar-refractivity contribution in [2.24, 2.45) is 95.1 Å². The first-order valence-electron chi connectivity index (χ1n) is 29.3. The lowest BCUT2D eigenvalue weighted by molar-refractivity contribution is 0.121. The zero-order valence-corrected chi connectivity index (χ0v) is 59.4. The average molecular weight is 1010 g/mol. The Morgan fingerprint density at radius 2 is 0.690 bits per heavy atom. The van der Waals surface area contributed by atoms with E-state index in [0.717, 1.165) is 41.9 Å². The minimum atomic E-state index is 0.314. The Kier molecular flexibility index (Phi) is 44.9. The van der Waals surface area contributed by atoms with Crippen LogP contribution < -0.4 is 0 Å². The molecule has 0 spiro atoms. The summed E-state index contributed by atoms with van der Waals surface area (Å²) in [5, 5.41) is 0. The van der Waals surface area contributed by atoms with Gasteiger partial charge in [-0.2, -0.15) is 0 Å². The summed E-state index contributed by atoms with van der Waals surface area (Å²) < 4.78 is 0. The molecule has 0 aliphatic rings. The molecule has 0 N–H and O–H groups in total. The molecule has 0 heterocycles. The maximum Gasteiger partial charge on any atom is 0.0135 e. The topological polar surface area (TPSA) is 3.24 Å². The number of hydrogen-bond donors (Lipinski definition) is 0. The molecule has 0 radical (unpaired) electrons. The average Bonchev–Trinajstić information content (AvgIpc) is 2.97. The van der Waals surface area contributed by atoms with E-state index in [-0.39, 0.29) is 0 Å². The molecule has 0 rings (SSSR count). The van der Waals surface area contributed by atoms with Crippen molar-refractivity contribution < 1.29 is 0 Å². The van der Waals surface area contributed by atoms with Crippen LogP contribution in [0.25, 0.3) is 0 Å². The number of nitrogens with zero attached hydrogens (tertiary/aromatic N) is 1. The van der Waals surface area contributed by atoms with Gasteiger partial charge in [0.2, 0.25) is 0 Å². The van der Waals surface area contributed by atoms with Crippen molar-refractivity contribution >= 4 is 0 Å². The lowest BCUT2D eigenvalue weighted by Crippen LogP contribution is -2.32. The maximum atomic E-state index is 5.06. The van der Waals surface area contributed by atoms with Gasteiger partial charge in [-0.3, -0.25) is 0 Å². The van der Waals surface area contributed by atoms with Crippen molar-refractivity contribution in [3.63, 3.8) is 0 Å². The van der Waals surface area contributed by atoms with Crippen molar-refractivity contribution in [2.75, 3.05) is 20.6 Å². The predicted molar refractivity (Wildman–Crippen MR) is 341 cm³/mol. The fraction of sp³-hybridized carbons (Fsp3) is 0.971. The predicted octanol–water partition coefficient (Wildman–Crippen LogP) is 24.8. The van der Waals surface area contributed by atoms with Crippen LogP contribution in [0.5, 0.6) is 0 Å². The monoisotopic (exact) mass is 1010 g/mol. The molecule has 0 aliphatic heterocycles. The fourth-order valence-corrected chi connectivity index (χ4v) is 8.49. The second-order valence-electron chi connectivity index (χ2n) is 36.4. The number of hydrogen-bond acceptors (Lipinski definition) is 1. The second-order valence-corrected chi connectivity index (χ2v) is 36.4. The van der Waals surface area contributed by atoms with Gasteiger partial charge in [0.25, 0.3) is 0 Å². The van der Waals surface area contributed by atoms with Gasteiger partial charge >= 0.3 is 0 Å². The third kappa shape index (κ3) is 89.5. The Hall–Kier alpha value is -0.480. The van der Waals surface area contributed by atoms with Crippen molar-refractivity contribution in [3.05, 3.63) is 0 Å². The lowest BCUT2D eigenvalue weighted by atomic mass is 9.68. The van der Waals surface area contributed by atoms with Gasteiger partial charge in [-0.25, -0.2) is 0 Å². The van der Waals surface area contributed by atoms with Crippen LogP contribution >= 0.6 is 0 Å². The fourth-order valence-electron chi connectivity index (χ4n) is 8.49. The van der Waals surface area contributed by atoms with Crippen molar-refractivity contribution in [1.29, 1.82) is 0 Å². The van der Waals surface area contributed by atoms with Crippen LogP contribution in [-0.4, -0.2) is 25.5 Å². The van der Waals surface area contributed by atoms with E-state index in [0.29, 0.717) is 59.6 Å². The zero-order valence-electron chi connectivity index (χ0n) is 59.4. The molecule has 1 heteroatoms. The Morgan fingerprint density at radius 1 is 0.380 bits per heavy atom. The highest BCUT2D eigenvalue weighted by Gasteiger charge is 2.30. The second kappa shape index (κ2) is 36.5. The van der Waals surface area contributed by atoms with Crippen molar-refractivity contribution in [3.8, 4) is 12.3 Å². The van der Waals surface area contributed by atoms with E-state index in [1.54, 1.807) is 0 Å². The molecule has 0 bridgehead atoms. The zero-order chi connectivity index (χ0) is 60.2. The third-order valence-electron chi connectivity index (χ3n) is 12.6. The van der Waals surface area contributed by atoms with Crippen LogP contribution in [0.3, 0.4) is 0 Å². The van der Waals surface area contributed by atoms with Gasteiger partial charge in [-0.1, -0.05) is 297 Å². The maximum absolute atomic E-state index is 5.06. The molecular weight excluding hydrogens is 855 g/mol. The molecule has 0 aromatic heterocycles. The lowest BCUT2D eigenvalue weighted by Gasteiger charge is -2.38. The van der Waals surface area contributed by atoms with Crippen molar-refractivity contribution in [1.82, 2.24) is 4.90 Å². The normalized spacial score (nSPS) is 13.6. The summed E-state index contributed by atoms with van der Waals surface area (Å²) in [6.07, 6.45) is 12.5. The molecule has 1 unspecified atom stereocenters. The van der Waals surface area contributed by atoms with E-state index in [2.05, 4.69) is 316 Å². The summed E-state index contributed by atoms with van der Waals surface area (Å²) in [6.45, 7) is 97.1. The van der Waals surface area contributed by atoms with E-state index in [1.165, 1.54) is 38.6 Å². The summed E-state index contributed by atoms with van der Waals surface area (Å²) in [7, 11) is 4.29. The van der Waals surface area contributed by atoms with Gasteiger partial charge in [-0.15, -0.1) is 12.3 Å². The first-order valence-corrected chi connectivity index (χ1v) is 29.3. The molecule has 0 amide bonds. The Morgan fingerprint density at radius 3 is 0.746 bits per heavy atom. The molecule has 71 heavy (non-hydrogen) atoms. The molecule has 1 atom stereocenters. The van der Waals surface area contributed by atoms with Gasteiger partial charge in [0.05, 0.1) is 0 Å². The number of rotatable bonds is 7. The molecule has 0 saturated carbocycles. The molecule has 0 aliphatic carbocycles. The highest BCUT2D eigenvalue weighted by Crippen LogP contribution is 2.39. The molecule has 0 aromatic carbocycles. The van der Waals surface area contributed by atoms with Gasteiger partial charge in [0.1, 0.15) is 0 Å². The molecule has 0 saturated heterocycles. The summed E-state index contributed by atoms with van der Waals surface area (Å²) in [5.41, 5.74) is 5.08. The number of terminal acetylenes is 1. The molecule has 438 valence electrons. The van der Waals surface area contributed by atoms with Crippen LogP contribution in [0.4, 0.5) is 0 Å². The minimum Gasteiger partial charge on any atom is -0.309 e. The largest absolute Gasteiger partial charge is 0.309 e. The van der Waals surface area contributed by atoms with E-state index in [1.807, 2.05) is 0 Å². The van der Waals surface area contributed by atoms with Gasteiger partial charge < -0.3 is 4.90 Å². The first kappa shape index (κ1) is 87.2. The van der Waals surface area contributed by atoms with Gasteiger partial charge in [0.15, 0.2) is 0 Å². The summed E-state index contributed by atoms with van der Waals surface area (Å²) >= 11 is 0. The Bertz CT molecular complexity index is 1190. The Balaban J connectivity index is -0.000000107. The van der Waals surface area contributed by atoms with Gasteiger partial charge in [-0.05, 0) is 135 Å². The SMILES string of the molecule is C#CCC(C)(C)C.CC(C(C)(C)C)C(C)(C)C.CC(C)(C)CC(C)(C)C.CC(C)C(C)(C)C.CC(C)C(C)C(C)(C)C.CC(C)CC(C)(C)C.CC(C)CCC(C)(C)C.CN(C)CC(C)(C)CC(C)(C)C. The van der Waals surface area contributed by atoms with E-state index in [4.69, 9.17) is 6.42 Å². The highest BCUT2D eigenvalue weighted by molar-refractivity contribution is 4.88. The first-order chi connectivity index (χ1) is 30.2. The van der Waals surface area contributed by atoms with E-state index in [9.17, 15) is 0 Å². The quantitative estimate of drug-likeness (QED) is 0.230. The van der Waals surface area contributed by atoms with Crippen LogP contribution in [-0.2, 0) is 0 Å². The van der Waals surface area contributed by atoms with Crippen LogP contribution in [0, 0.1) is 107 Å². The molecule has 1 nitrogen and oxygen atoms in total. The van der Waals surface area contributed by atoms with E-state index < -0.39 is 0 Å². The van der Waals surface area contributed by atoms with E-state index >= 15 is 0 Å². The summed E-state index contributed by atoms with van der Waals surface area (Å²) in [4.78, 5) is 2.27. The van der Waals surface area contributed by atoms with Crippen molar-refractivity contribution in [2.45, 2.75) is 329 Å². The summed E-state index contributed by atoms with van der Waals surface area (Å²) in [6, 6.07) is 0. The molecule has 0 aromatic rings. The summed E-state index contributed by atoms with van der Waals surface area (Å²) in [5.74, 6) is 7.51.